The van der Waals surface area contributed by atoms with Crippen LogP contribution in [0.2, 0.25) is 0 Å². The summed E-state index contributed by atoms with van der Waals surface area (Å²) in [5.74, 6) is 0.613. The molecule has 0 saturated carbocycles. The zero-order valence-corrected chi connectivity index (χ0v) is 13.0. The standard InChI is InChI=1S/C16H24N2O3/c1-18-11-4-9-16(10-12-18,15(19)21-3)17-13-5-7-14(20-2)8-6-13/h5-8,17H,4,9-12H2,1-3H3. The summed E-state index contributed by atoms with van der Waals surface area (Å²) in [6, 6.07) is 7.63. The molecule has 2 rings (SSSR count). The minimum Gasteiger partial charge on any atom is -0.497 e. The molecule has 1 aliphatic rings. The van der Waals surface area contributed by atoms with Crippen LogP contribution in [0.25, 0.3) is 0 Å². The van der Waals surface area contributed by atoms with Gasteiger partial charge in [-0.3, -0.25) is 0 Å². The molecule has 0 aliphatic carbocycles. The van der Waals surface area contributed by atoms with Gasteiger partial charge in [-0.1, -0.05) is 0 Å². The van der Waals surface area contributed by atoms with E-state index in [1.165, 1.54) is 7.11 Å². The molecule has 1 heterocycles. The molecule has 116 valence electrons. The van der Waals surface area contributed by atoms with Crippen LogP contribution in [0.15, 0.2) is 24.3 Å². The Kier molecular flexibility index (Phi) is 5.07. The second-order valence-corrected chi connectivity index (χ2v) is 5.58. The van der Waals surface area contributed by atoms with Gasteiger partial charge in [-0.2, -0.15) is 0 Å². The monoisotopic (exact) mass is 292 g/mol. The van der Waals surface area contributed by atoms with E-state index in [0.29, 0.717) is 0 Å². The number of hydrogen-bond acceptors (Lipinski definition) is 5. The van der Waals surface area contributed by atoms with E-state index in [1.807, 2.05) is 24.3 Å². The first-order chi connectivity index (χ1) is 10.1. The molecule has 0 spiro atoms. The second-order valence-electron chi connectivity index (χ2n) is 5.58. The SMILES string of the molecule is COC(=O)C1(Nc2ccc(OC)cc2)CCCN(C)CC1. The molecule has 1 aliphatic heterocycles. The van der Waals surface area contributed by atoms with Gasteiger partial charge in [-0.25, -0.2) is 4.79 Å². The number of esters is 1. The molecule has 5 heteroatoms. The van der Waals surface area contributed by atoms with Crippen LogP contribution in [0, 0.1) is 0 Å². The van der Waals surface area contributed by atoms with E-state index < -0.39 is 5.54 Å². The van der Waals surface area contributed by atoms with E-state index in [-0.39, 0.29) is 5.97 Å². The Hall–Kier alpha value is -1.75. The Balaban J connectivity index is 2.20. The van der Waals surface area contributed by atoms with Gasteiger partial charge in [0.05, 0.1) is 14.2 Å². The summed E-state index contributed by atoms with van der Waals surface area (Å²) in [7, 11) is 5.18. The molecular formula is C16H24N2O3. The van der Waals surface area contributed by atoms with E-state index in [2.05, 4.69) is 17.3 Å². The van der Waals surface area contributed by atoms with Crippen LogP contribution in [-0.2, 0) is 9.53 Å². The van der Waals surface area contributed by atoms with Crippen LogP contribution in [0.5, 0.6) is 5.75 Å². The number of hydrogen-bond donors (Lipinski definition) is 1. The Morgan fingerprint density at radius 3 is 2.52 bits per heavy atom. The molecule has 0 bridgehead atoms. The van der Waals surface area contributed by atoms with Crippen molar-refractivity contribution >= 4 is 11.7 Å². The van der Waals surface area contributed by atoms with Gasteiger partial charge in [0.15, 0.2) is 0 Å². The maximum Gasteiger partial charge on any atom is 0.331 e. The summed E-state index contributed by atoms with van der Waals surface area (Å²) in [5.41, 5.74) is 0.263. The highest BCUT2D eigenvalue weighted by Crippen LogP contribution is 2.29. The average molecular weight is 292 g/mol. The first-order valence-corrected chi connectivity index (χ1v) is 7.29. The van der Waals surface area contributed by atoms with Crippen molar-refractivity contribution in [2.45, 2.75) is 24.8 Å². The first-order valence-electron chi connectivity index (χ1n) is 7.29. The molecule has 1 atom stereocenters. The Morgan fingerprint density at radius 2 is 1.90 bits per heavy atom. The summed E-state index contributed by atoms with van der Waals surface area (Å²) < 4.78 is 10.2. The lowest BCUT2D eigenvalue weighted by Gasteiger charge is -2.32. The first kappa shape index (κ1) is 15.6. The normalized spacial score (nSPS) is 23.2. The number of ether oxygens (including phenoxy) is 2. The van der Waals surface area contributed by atoms with E-state index in [1.54, 1.807) is 7.11 Å². The molecule has 21 heavy (non-hydrogen) atoms. The Labute approximate surface area is 126 Å². The van der Waals surface area contributed by atoms with Crippen LogP contribution in [-0.4, -0.2) is 50.8 Å². The summed E-state index contributed by atoms with van der Waals surface area (Å²) in [6.07, 6.45) is 2.48. The fourth-order valence-electron chi connectivity index (χ4n) is 2.80. The van der Waals surface area contributed by atoms with Crippen molar-refractivity contribution in [1.82, 2.24) is 4.90 Å². The molecule has 1 saturated heterocycles. The minimum absolute atomic E-state index is 0.186. The van der Waals surface area contributed by atoms with Gasteiger partial charge < -0.3 is 19.7 Å². The van der Waals surface area contributed by atoms with Crippen molar-refractivity contribution in [3.8, 4) is 5.75 Å². The third-order valence-electron chi connectivity index (χ3n) is 4.11. The van der Waals surface area contributed by atoms with Gasteiger partial charge in [0.1, 0.15) is 11.3 Å². The van der Waals surface area contributed by atoms with E-state index in [9.17, 15) is 4.79 Å². The van der Waals surface area contributed by atoms with Gasteiger partial charge in [0, 0.05) is 12.2 Å². The number of anilines is 1. The topological polar surface area (TPSA) is 50.8 Å². The highest BCUT2D eigenvalue weighted by molar-refractivity contribution is 5.84. The number of nitrogens with one attached hydrogen (secondary N) is 1. The largest absolute Gasteiger partial charge is 0.497 e. The van der Waals surface area contributed by atoms with Crippen LogP contribution < -0.4 is 10.1 Å². The summed E-state index contributed by atoms with van der Waals surface area (Å²) in [4.78, 5) is 14.6. The highest BCUT2D eigenvalue weighted by Gasteiger charge is 2.40. The van der Waals surface area contributed by atoms with Gasteiger partial charge in [0.25, 0.3) is 0 Å². The van der Waals surface area contributed by atoms with Crippen molar-refractivity contribution in [1.29, 1.82) is 0 Å². The van der Waals surface area contributed by atoms with Gasteiger partial charge in [-0.05, 0) is 57.1 Å². The summed E-state index contributed by atoms with van der Waals surface area (Å²) >= 11 is 0. The lowest BCUT2D eigenvalue weighted by molar-refractivity contribution is -0.146. The molecular weight excluding hydrogens is 268 g/mol. The van der Waals surface area contributed by atoms with E-state index in [4.69, 9.17) is 9.47 Å². The second kappa shape index (κ2) is 6.80. The van der Waals surface area contributed by atoms with Gasteiger partial charge in [0.2, 0.25) is 0 Å². The number of likely N-dealkylation sites (tertiary alicyclic amines) is 1. The quantitative estimate of drug-likeness (QED) is 0.862. The summed E-state index contributed by atoms with van der Waals surface area (Å²) in [6.45, 7) is 1.88. The number of methoxy groups -OCH3 is 2. The van der Waals surface area contributed by atoms with Gasteiger partial charge in [-0.15, -0.1) is 0 Å². The molecule has 1 N–H and O–H groups in total. The van der Waals surface area contributed by atoms with Crippen LogP contribution >= 0.6 is 0 Å². The molecule has 1 aromatic rings. The van der Waals surface area contributed by atoms with Crippen molar-refractivity contribution in [3.63, 3.8) is 0 Å². The zero-order chi connectivity index (χ0) is 15.3. The van der Waals surface area contributed by atoms with Crippen LogP contribution in [0.4, 0.5) is 5.69 Å². The molecule has 1 aromatic carbocycles. The molecule has 5 nitrogen and oxygen atoms in total. The number of carbonyl (C=O) groups is 1. The highest BCUT2D eigenvalue weighted by atomic mass is 16.5. The fourth-order valence-corrected chi connectivity index (χ4v) is 2.80. The fraction of sp³-hybridized carbons (Fsp3) is 0.562. The lowest BCUT2D eigenvalue weighted by atomic mass is 9.90. The van der Waals surface area contributed by atoms with Crippen molar-refractivity contribution in [3.05, 3.63) is 24.3 Å². The minimum atomic E-state index is -0.645. The summed E-state index contributed by atoms with van der Waals surface area (Å²) in [5, 5.41) is 3.40. The zero-order valence-electron chi connectivity index (χ0n) is 13.0. The maximum atomic E-state index is 12.3. The van der Waals surface area contributed by atoms with Crippen LogP contribution in [0.1, 0.15) is 19.3 Å². The van der Waals surface area contributed by atoms with E-state index in [0.717, 1.165) is 43.8 Å². The predicted molar refractivity (Wildman–Crippen MR) is 82.7 cm³/mol. The van der Waals surface area contributed by atoms with Crippen molar-refractivity contribution in [2.75, 3.05) is 39.7 Å². The molecule has 1 fully saturated rings. The predicted octanol–water partition coefficient (Wildman–Crippen LogP) is 2.13. The number of rotatable bonds is 4. The Morgan fingerprint density at radius 1 is 1.19 bits per heavy atom. The van der Waals surface area contributed by atoms with Crippen molar-refractivity contribution < 1.29 is 14.3 Å². The number of carbonyl (C=O) groups excluding carboxylic acids is 1. The maximum absolute atomic E-state index is 12.3. The van der Waals surface area contributed by atoms with Crippen molar-refractivity contribution in [2.24, 2.45) is 0 Å². The molecule has 0 amide bonds. The van der Waals surface area contributed by atoms with Gasteiger partial charge >= 0.3 is 5.97 Å². The third kappa shape index (κ3) is 3.67. The number of benzene rings is 1. The molecule has 1 unspecified atom stereocenters. The van der Waals surface area contributed by atoms with E-state index >= 15 is 0 Å². The molecule has 0 aromatic heterocycles. The average Bonchev–Trinajstić information content (AvgIpc) is 2.70. The Bertz CT molecular complexity index is 475. The van der Waals surface area contributed by atoms with Crippen LogP contribution in [0.3, 0.4) is 0 Å². The molecule has 0 radical (unpaired) electrons. The third-order valence-corrected chi connectivity index (χ3v) is 4.11. The smallest absolute Gasteiger partial charge is 0.331 e. The lowest BCUT2D eigenvalue weighted by Crippen LogP contribution is -2.47. The number of nitrogens with zero attached hydrogens (tertiary/aromatic N) is 1.